The van der Waals surface area contributed by atoms with Gasteiger partial charge in [0.2, 0.25) is 0 Å². The lowest BCUT2D eigenvalue weighted by molar-refractivity contribution is 0.0213. The van der Waals surface area contributed by atoms with Crippen LogP contribution in [-0.4, -0.2) is 67.3 Å². The van der Waals surface area contributed by atoms with E-state index in [0.29, 0.717) is 5.92 Å². The molecule has 1 N–H and O–H groups in total. The fourth-order valence-corrected chi connectivity index (χ4v) is 3.05. The van der Waals surface area contributed by atoms with E-state index >= 15 is 0 Å². The van der Waals surface area contributed by atoms with Crippen LogP contribution in [0.25, 0.3) is 0 Å². The third kappa shape index (κ3) is 8.88. The number of nitrogens with one attached hydrogen (secondary N) is 1. The quantitative estimate of drug-likeness (QED) is 0.654. The van der Waals surface area contributed by atoms with Gasteiger partial charge in [-0.25, -0.2) is 4.79 Å². The molecule has 0 bridgehead atoms. The fraction of sp³-hybridized carbons (Fsp3) is 0.947. The van der Waals surface area contributed by atoms with E-state index in [1.165, 1.54) is 12.8 Å². The van der Waals surface area contributed by atoms with Gasteiger partial charge in [-0.05, 0) is 65.1 Å². The van der Waals surface area contributed by atoms with E-state index in [0.717, 1.165) is 51.7 Å². The molecule has 1 unspecified atom stereocenters. The third-order valence-corrected chi connectivity index (χ3v) is 4.15. The molecule has 142 valence electrons. The molecule has 0 aromatic carbocycles. The summed E-state index contributed by atoms with van der Waals surface area (Å²) in [5.41, 5.74) is -0.435. The molecule has 1 heterocycles. The average Bonchev–Trinajstić information content (AvgIpc) is 2.89. The molecule has 1 saturated heterocycles. The zero-order valence-corrected chi connectivity index (χ0v) is 16.7. The number of carbonyl (C=O) groups is 1. The van der Waals surface area contributed by atoms with E-state index in [9.17, 15) is 4.79 Å². The van der Waals surface area contributed by atoms with Crippen molar-refractivity contribution >= 4 is 6.09 Å². The molecule has 1 fully saturated rings. The second-order valence-electron chi connectivity index (χ2n) is 8.48. The van der Waals surface area contributed by atoms with Crippen molar-refractivity contribution in [1.29, 1.82) is 0 Å². The first-order valence-electron chi connectivity index (χ1n) is 9.62. The van der Waals surface area contributed by atoms with Gasteiger partial charge in [-0.3, -0.25) is 0 Å². The SMILES string of the molecule is CCCNCC1CCN(CCN(CC(C)C)C(=O)OC(C)(C)C)C1. The van der Waals surface area contributed by atoms with E-state index in [1.807, 2.05) is 25.7 Å². The van der Waals surface area contributed by atoms with Crippen LogP contribution >= 0.6 is 0 Å². The Morgan fingerprint density at radius 1 is 1.38 bits per heavy atom. The van der Waals surface area contributed by atoms with Crippen LogP contribution in [0.3, 0.4) is 0 Å². The van der Waals surface area contributed by atoms with Crippen molar-refractivity contribution in [2.24, 2.45) is 11.8 Å². The van der Waals surface area contributed by atoms with Crippen LogP contribution in [-0.2, 0) is 4.74 Å². The lowest BCUT2D eigenvalue weighted by Gasteiger charge is -2.30. The molecule has 0 radical (unpaired) electrons. The van der Waals surface area contributed by atoms with Crippen LogP contribution in [0.4, 0.5) is 4.79 Å². The molecule has 1 amide bonds. The number of rotatable bonds is 9. The first kappa shape index (κ1) is 21.2. The molecule has 1 aliphatic rings. The minimum atomic E-state index is -0.435. The third-order valence-electron chi connectivity index (χ3n) is 4.15. The summed E-state index contributed by atoms with van der Waals surface area (Å²) in [7, 11) is 0. The predicted molar refractivity (Wildman–Crippen MR) is 100 cm³/mol. The summed E-state index contributed by atoms with van der Waals surface area (Å²) in [4.78, 5) is 16.8. The number of hydrogen-bond acceptors (Lipinski definition) is 4. The van der Waals surface area contributed by atoms with Crippen molar-refractivity contribution in [1.82, 2.24) is 15.1 Å². The van der Waals surface area contributed by atoms with Gasteiger partial charge in [0.1, 0.15) is 5.60 Å². The molecule has 0 spiro atoms. The Morgan fingerprint density at radius 2 is 2.08 bits per heavy atom. The second kappa shape index (κ2) is 10.2. The lowest BCUT2D eigenvalue weighted by atomic mass is 10.1. The van der Waals surface area contributed by atoms with Gasteiger partial charge in [-0.1, -0.05) is 20.8 Å². The molecule has 1 aliphatic heterocycles. The van der Waals surface area contributed by atoms with Crippen molar-refractivity contribution in [3.05, 3.63) is 0 Å². The summed E-state index contributed by atoms with van der Waals surface area (Å²) < 4.78 is 5.56. The Labute approximate surface area is 149 Å². The Morgan fingerprint density at radius 3 is 2.67 bits per heavy atom. The van der Waals surface area contributed by atoms with Crippen molar-refractivity contribution in [3.63, 3.8) is 0 Å². The zero-order valence-electron chi connectivity index (χ0n) is 16.7. The van der Waals surface area contributed by atoms with Gasteiger partial charge in [0.05, 0.1) is 0 Å². The highest BCUT2D eigenvalue weighted by molar-refractivity contribution is 5.68. The molecule has 0 aromatic rings. The van der Waals surface area contributed by atoms with E-state index in [4.69, 9.17) is 4.74 Å². The maximum absolute atomic E-state index is 12.4. The van der Waals surface area contributed by atoms with Crippen molar-refractivity contribution < 1.29 is 9.53 Å². The number of likely N-dealkylation sites (tertiary alicyclic amines) is 1. The van der Waals surface area contributed by atoms with Crippen LogP contribution in [0.5, 0.6) is 0 Å². The van der Waals surface area contributed by atoms with Gasteiger partial charge in [0.25, 0.3) is 0 Å². The van der Waals surface area contributed by atoms with E-state index in [-0.39, 0.29) is 6.09 Å². The molecule has 0 aliphatic carbocycles. The summed E-state index contributed by atoms with van der Waals surface area (Å²) in [5, 5.41) is 3.52. The van der Waals surface area contributed by atoms with Gasteiger partial charge in [0.15, 0.2) is 0 Å². The zero-order chi connectivity index (χ0) is 18.2. The number of nitrogens with zero attached hydrogens (tertiary/aromatic N) is 2. The Bertz CT molecular complexity index is 366. The minimum absolute atomic E-state index is 0.184. The molecule has 0 aromatic heterocycles. The summed E-state index contributed by atoms with van der Waals surface area (Å²) in [6.45, 7) is 19.2. The van der Waals surface area contributed by atoms with E-state index in [2.05, 4.69) is 31.0 Å². The van der Waals surface area contributed by atoms with Gasteiger partial charge in [0, 0.05) is 26.2 Å². The maximum Gasteiger partial charge on any atom is 0.410 e. The monoisotopic (exact) mass is 341 g/mol. The normalized spacial score (nSPS) is 19.0. The van der Waals surface area contributed by atoms with E-state index in [1.54, 1.807) is 0 Å². The molecular formula is C19H39N3O2. The lowest BCUT2D eigenvalue weighted by Crippen LogP contribution is -2.43. The van der Waals surface area contributed by atoms with Crippen LogP contribution in [0.15, 0.2) is 0 Å². The highest BCUT2D eigenvalue weighted by Crippen LogP contribution is 2.16. The summed E-state index contributed by atoms with van der Waals surface area (Å²) >= 11 is 0. The highest BCUT2D eigenvalue weighted by Gasteiger charge is 2.25. The van der Waals surface area contributed by atoms with E-state index < -0.39 is 5.60 Å². The topological polar surface area (TPSA) is 44.8 Å². The molecule has 5 nitrogen and oxygen atoms in total. The van der Waals surface area contributed by atoms with Crippen LogP contribution < -0.4 is 5.32 Å². The molecule has 24 heavy (non-hydrogen) atoms. The van der Waals surface area contributed by atoms with Crippen LogP contribution in [0.2, 0.25) is 0 Å². The Balaban J connectivity index is 2.41. The van der Waals surface area contributed by atoms with Crippen molar-refractivity contribution in [2.75, 3.05) is 45.8 Å². The average molecular weight is 342 g/mol. The Hall–Kier alpha value is -0.810. The number of carbonyl (C=O) groups excluding carboxylic acids is 1. The van der Waals surface area contributed by atoms with Gasteiger partial charge in [-0.2, -0.15) is 0 Å². The van der Waals surface area contributed by atoms with Gasteiger partial charge in [-0.15, -0.1) is 0 Å². The fourth-order valence-electron chi connectivity index (χ4n) is 3.05. The second-order valence-corrected chi connectivity index (χ2v) is 8.48. The summed E-state index contributed by atoms with van der Waals surface area (Å²) in [6.07, 6.45) is 2.26. The molecule has 1 atom stereocenters. The first-order chi connectivity index (χ1) is 11.2. The van der Waals surface area contributed by atoms with Gasteiger partial charge >= 0.3 is 6.09 Å². The summed E-state index contributed by atoms with van der Waals surface area (Å²) in [5.74, 6) is 1.19. The number of amides is 1. The number of ether oxygens (including phenoxy) is 1. The van der Waals surface area contributed by atoms with Crippen molar-refractivity contribution in [2.45, 2.75) is 60.0 Å². The molecule has 1 rings (SSSR count). The highest BCUT2D eigenvalue weighted by atomic mass is 16.6. The largest absolute Gasteiger partial charge is 0.444 e. The molecule has 5 heteroatoms. The Kier molecular flexibility index (Phi) is 9.06. The van der Waals surface area contributed by atoms with Crippen LogP contribution in [0.1, 0.15) is 54.4 Å². The smallest absolute Gasteiger partial charge is 0.410 e. The first-order valence-corrected chi connectivity index (χ1v) is 9.62. The summed E-state index contributed by atoms with van der Waals surface area (Å²) in [6, 6.07) is 0. The standard InChI is InChI=1S/C19H39N3O2/c1-7-9-20-13-17-8-10-21(15-17)11-12-22(14-16(2)3)18(23)24-19(4,5)6/h16-17,20H,7-15H2,1-6H3. The molecule has 0 saturated carbocycles. The molecular weight excluding hydrogens is 302 g/mol. The van der Waals surface area contributed by atoms with Crippen LogP contribution in [0, 0.1) is 11.8 Å². The maximum atomic E-state index is 12.4. The minimum Gasteiger partial charge on any atom is -0.444 e. The van der Waals surface area contributed by atoms with Gasteiger partial charge < -0.3 is 19.9 Å². The number of hydrogen-bond donors (Lipinski definition) is 1. The predicted octanol–water partition coefficient (Wildman–Crippen LogP) is 3.20. The van der Waals surface area contributed by atoms with Crippen molar-refractivity contribution in [3.8, 4) is 0 Å².